The van der Waals surface area contributed by atoms with Crippen molar-refractivity contribution in [2.45, 2.75) is 115 Å². The third kappa shape index (κ3) is 24.2. The van der Waals surface area contributed by atoms with Crippen LogP contribution in [0.25, 0.3) is 32.7 Å². The highest BCUT2D eigenvalue weighted by Gasteiger charge is 2.30. The van der Waals surface area contributed by atoms with E-state index in [4.69, 9.17) is 59.0 Å². The first-order chi connectivity index (χ1) is 45.4. The summed E-state index contributed by atoms with van der Waals surface area (Å²) in [7, 11) is 1.18. The molecule has 27 N–H and O–H groups in total. The highest BCUT2D eigenvalue weighted by atomic mass is 16.5. The summed E-state index contributed by atoms with van der Waals surface area (Å²) < 4.78 is 48.6. The van der Waals surface area contributed by atoms with E-state index in [2.05, 4.69) is 61.8 Å². The van der Waals surface area contributed by atoms with Crippen molar-refractivity contribution in [2.24, 2.45) is 61.1 Å². The summed E-state index contributed by atoms with van der Waals surface area (Å²) in [4.78, 5) is 132. The van der Waals surface area contributed by atoms with Crippen LogP contribution in [0, 0.1) is 0 Å². The third-order valence-corrected chi connectivity index (χ3v) is 13.4. The van der Waals surface area contributed by atoms with E-state index < -0.39 is 97.3 Å². The molecule has 3 heterocycles. The van der Waals surface area contributed by atoms with Gasteiger partial charge in [0.2, 0.25) is 35.4 Å². The predicted octanol–water partition coefficient (Wildman–Crippen LogP) is -2.59. The van der Waals surface area contributed by atoms with Crippen LogP contribution in [0.5, 0.6) is 0 Å². The molecule has 0 fully saturated rings. The first-order valence-corrected chi connectivity index (χ1v) is 28.1. The number of nitrogens with two attached hydrogens (primary N) is 8. The van der Waals surface area contributed by atoms with Crippen LogP contribution >= 0.6 is 0 Å². The Morgan fingerprint density at radius 2 is 0.744 bits per heavy atom. The number of carbonyl (C=O) groups is 9. The highest BCUT2D eigenvalue weighted by Crippen LogP contribution is 2.22. The number of aliphatic imine (C=N–C) groups is 3. The number of carbonyl (C=O) groups excluding carboxylic acids is 9. The van der Waals surface area contributed by atoms with Gasteiger partial charge >= 0.3 is 5.97 Å². The normalized spacial score (nSPS) is 13.9. The summed E-state index contributed by atoms with van der Waals surface area (Å²) in [5, 5.41) is 17.5. The van der Waals surface area contributed by atoms with Gasteiger partial charge in [-0.2, -0.15) is 0 Å². The number of hydrogen-bond acceptors (Lipinski definition) is 15. The van der Waals surface area contributed by atoms with Crippen LogP contribution in [-0.4, -0.2) is 149 Å². The Labute approximate surface area is 526 Å². The second-order valence-corrected chi connectivity index (χ2v) is 20.1. The van der Waals surface area contributed by atoms with Gasteiger partial charge in [-0.25, -0.2) is 16.5 Å². The maximum Gasteiger partial charge on any atom is 0.328 e. The van der Waals surface area contributed by atoms with Crippen molar-refractivity contribution in [2.75, 3.05) is 26.7 Å². The van der Waals surface area contributed by atoms with E-state index in [1.807, 2.05) is 83.6 Å². The van der Waals surface area contributed by atoms with Crippen LogP contribution in [0.15, 0.2) is 106 Å². The minimum absolute atomic E-state index is 0.000437. The van der Waals surface area contributed by atoms with Gasteiger partial charge in [0.15, 0.2) is 17.9 Å². The summed E-state index contributed by atoms with van der Waals surface area (Å²) in [5.74, 6) is 3.41. The zero-order chi connectivity index (χ0) is 71.3. The SMILES string of the molecule is CC(=O)NC(Cc1c[nH]c2ccccc12)C(=O)NC(CCCN=C(N)N)C(=O)NN.[2H]C([2H])([2H])C(=O)NC(Cc1c[nH]c2ccccc12)C(=O)NC(CCCN=C(N)N)C(=O)NN.[2H]C([2H])([2H])C(=O)NC(Cc1c[nH]c2ccccc12)C(=O)NC(CCCN=C(N)N)C(=O)OC. The van der Waals surface area contributed by atoms with Crippen LogP contribution in [0.1, 0.15) is 84.1 Å². The molecule has 486 valence electrons. The number of hydrazine groups is 2. The van der Waals surface area contributed by atoms with Crippen LogP contribution in [0.4, 0.5) is 0 Å². The van der Waals surface area contributed by atoms with Gasteiger partial charge in [-0.3, -0.25) is 64.2 Å². The smallest absolute Gasteiger partial charge is 0.328 e. The molecule has 0 bridgehead atoms. The second kappa shape index (κ2) is 37.1. The molecule has 0 aliphatic carbocycles. The molecule has 6 atom stereocenters. The average Bonchev–Trinajstić information content (AvgIpc) is 1.66. The monoisotopic (exact) mass is 1250 g/mol. The van der Waals surface area contributed by atoms with E-state index in [1.54, 1.807) is 18.6 Å². The van der Waals surface area contributed by atoms with Gasteiger partial charge < -0.3 is 86.0 Å². The molecule has 90 heavy (non-hydrogen) atoms. The fourth-order valence-electron chi connectivity index (χ4n) is 9.21. The first kappa shape index (κ1) is 62.3. The van der Waals surface area contributed by atoms with Crippen molar-refractivity contribution >= 4 is 104 Å². The van der Waals surface area contributed by atoms with Crippen molar-refractivity contribution in [1.29, 1.82) is 0 Å². The molecule has 0 radical (unpaired) electrons. The fraction of sp³-hybridized carbons (Fsp3) is 0.379. The molecule has 6 unspecified atom stereocenters. The van der Waals surface area contributed by atoms with Crippen LogP contribution < -0.4 is 88.8 Å². The summed E-state index contributed by atoms with van der Waals surface area (Å²) >= 11 is 0. The van der Waals surface area contributed by atoms with E-state index in [0.29, 0.717) is 36.9 Å². The van der Waals surface area contributed by atoms with E-state index in [9.17, 15) is 43.2 Å². The number of para-hydroxylation sites is 3. The number of ether oxygens (including phenoxy) is 1. The van der Waals surface area contributed by atoms with Crippen molar-refractivity contribution in [3.63, 3.8) is 0 Å². The molecule has 8 amide bonds. The molecule has 0 saturated heterocycles. The Hall–Kier alpha value is -10.8. The van der Waals surface area contributed by atoms with Crippen molar-refractivity contribution in [3.05, 3.63) is 108 Å². The van der Waals surface area contributed by atoms with Crippen LogP contribution in [-0.2, 0) is 67.2 Å². The average molecular weight is 1260 g/mol. The Morgan fingerprint density at radius 3 is 1.03 bits per heavy atom. The molecular formula is C58H84N22O10. The Bertz CT molecular complexity index is 3550. The molecule has 3 aromatic carbocycles. The van der Waals surface area contributed by atoms with Gasteiger partial charge in [0.25, 0.3) is 11.8 Å². The molecule has 0 spiro atoms. The lowest BCUT2D eigenvalue weighted by Gasteiger charge is -2.22. The van der Waals surface area contributed by atoms with E-state index in [-0.39, 0.29) is 75.4 Å². The van der Waals surface area contributed by atoms with E-state index in [0.717, 1.165) is 38.3 Å². The summed E-state index contributed by atoms with van der Waals surface area (Å²) in [6, 6.07) is 16.0. The number of H-pyrrole nitrogens is 3. The largest absolute Gasteiger partial charge is 0.467 e. The molecule has 0 saturated carbocycles. The molecule has 6 aromatic rings. The number of nitrogens with one attached hydrogen (secondary N) is 11. The number of amides is 8. The van der Waals surface area contributed by atoms with Crippen molar-refractivity contribution in [3.8, 4) is 0 Å². The van der Waals surface area contributed by atoms with Crippen LogP contribution in [0.2, 0.25) is 0 Å². The van der Waals surface area contributed by atoms with Crippen molar-refractivity contribution in [1.82, 2.24) is 57.7 Å². The first-order valence-electron chi connectivity index (χ1n) is 31.1. The Kier molecular flexibility index (Phi) is 25.6. The maximum atomic E-state index is 13.0. The number of hydrogen-bond donors (Lipinski definition) is 19. The van der Waals surface area contributed by atoms with E-state index >= 15 is 0 Å². The number of benzene rings is 3. The third-order valence-electron chi connectivity index (χ3n) is 13.4. The lowest BCUT2D eigenvalue weighted by molar-refractivity contribution is -0.145. The quantitative estimate of drug-likeness (QED) is 0.00419. The van der Waals surface area contributed by atoms with Crippen LogP contribution in [0.3, 0.4) is 0 Å². The zero-order valence-corrected chi connectivity index (χ0v) is 49.7. The van der Waals surface area contributed by atoms with Gasteiger partial charge in [-0.1, -0.05) is 54.6 Å². The Balaban J connectivity index is 0.000000307. The number of fused-ring (bicyclic) bond motifs is 3. The minimum atomic E-state index is -2.95. The number of nitrogens with zero attached hydrogens (tertiary/aromatic N) is 3. The lowest BCUT2D eigenvalue weighted by Crippen LogP contribution is -2.55. The number of esters is 1. The summed E-state index contributed by atoms with van der Waals surface area (Å²) in [6.07, 6.45) is 7.15. The molecule has 0 aliphatic heterocycles. The number of aromatic nitrogens is 3. The minimum Gasteiger partial charge on any atom is -0.467 e. The zero-order valence-electron chi connectivity index (χ0n) is 55.7. The number of aromatic amines is 3. The van der Waals surface area contributed by atoms with E-state index in [1.165, 1.54) is 14.0 Å². The maximum absolute atomic E-state index is 13.0. The molecule has 32 nitrogen and oxygen atoms in total. The molecular weight excluding hydrogens is 1160 g/mol. The predicted molar refractivity (Wildman–Crippen MR) is 341 cm³/mol. The molecule has 6 rings (SSSR count). The Morgan fingerprint density at radius 1 is 0.444 bits per heavy atom. The lowest BCUT2D eigenvalue weighted by atomic mass is 10.0. The topological polar surface area (TPSA) is 552 Å². The van der Waals surface area contributed by atoms with Gasteiger partial charge in [0.05, 0.1) is 7.11 Å². The number of methoxy groups -OCH3 is 1. The number of guanidine groups is 3. The highest BCUT2D eigenvalue weighted by molar-refractivity contribution is 5.95. The molecule has 32 heteroatoms. The van der Waals surface area contributed by atoms with Gasteiger partial charge in [0.1, 0.15) is 36.3 Å². The summed E-state index contributed by atoms with van der Waals surface area (Å²) in [5.41, 5.74) is 40.5. The summed E-state index contributed by atoms with van der Waals surface area (Å²) in [6.45, 7) is -3.80. The van der Waals surface area contributed by atoms with Gasteiger partial charge in [-0.05, 0) is 73.4 Å². The van der Waals surface area contributed by atoms with Gasteiger partial charge in [-0.15, -0.1) is 0 Å². The molecule has 0 aliphatic rings. The molecule has 3 aromatic heterocycles. The van der Waals surface area contributed by atoms with Gasteiger partial charge in [0, 0.05) is 119 Å². The fourth-order valence-corrected chi connectivity index (χ4v) is 9.21. The number of rotatable bonds is 30. The van der Waals surface area contributed by atoms with Crippen molar-refractivity contribution < 1.29 is 56.1 Å². The second-order valence-electron chi connectivity index (χ2n) is 20.1. The standard InChI is InChI=1S/C20H28N6O4.2C19H28N8O3/c1-12(27)25-17(10-13-11-24-15-7-4-3-6-14(13)15)18(28)26-16(19(29)30-2)8-5-9-23-20(21)22;2*1-11(28)25-16(9-12-10-24-14-6-3-2-5-13(12)14)17(29)26-15(18(30)27-22)7-4-8-23-19(20)21/h3-4,6-7,11,16-17,24H,5,8-10H2,1-2H3,(H,25,27)(H,26,28)(H4,21,22,23);2*2-3,5-6,10,15-16,24H,4,7-9,22H2,1H3,(H,25,28)(H,26,29)(H,27,30)(H4,20,21,23)/i2*1D3;.